The van der Waals surface area contributed by atoms with Gasteiger partial charge in [0.25, 0.3) is 0 Å². The third kappa shape index (κ3) is 3.19. The third-order valence-electron chi connectivity index (χ3n) is 3.85. The molecule has 1 atom stereocenters. The Labute approximate surface area is 121 Å². The topological polar surface area (TPSA) is 30.2 Å². The van der Waals surface area contributed by atoms with E-state index < -0.39 is 17.2 Å². The molecule has 3 nitrogen and oxygen atoms in total. The normalized spacial score (nSPS) is 20.2. The van der Waals surface area contributed by atoms with Crippen molar-refractivity contribution in [3.05, 3.63) is 29.6 Å². The fourth-order valence-electron chi connectivity index (χ4n) is 2.93. The van der Waals surface area contributed by atoms with Gasteiger partial charge in [0.1, 0.15) is 6.42 Å². The summed E-state index contributed by atoms with van der Waals surface area (Å²) in [6.45, 7) is 5.82. The van der Waals surface area contributed by atoms with Crippen LogP contribution in [0.25, 0.3) is 0 Å². The maximum Gasteiger partial charge on any atom is 0.416 e. The van der Waals surface area contributed by atoms with Crippen LogP contribution in [0.5, 0.6) is 0 Å². The van der Waals surface area contributed by atoms with Crippen LogP contribution in [0.3, 0.4) is 0 Å². The lowest BCUT2D eigenvalue weighted by molar-refractivity contribution is -0.716. The summed E-state index contributed by atoms with van der Waals surface area (Å²) in [6, 6.07) is 2.09. The first-order valence-electron chi connectivity index (χ1n) is 6.93. The number of alkyl halides is 3. The molecule has 0 fully saturated rings. The number of carbonyl (C=O) groups excluding carboxylic acids is 1. The van der Waals surface area contributed by atoms with Crippen LogP contribution in [0.4, 0.5) is 13.2 Å². The molecule has 0 aliphatic carbocycles. The first kappa shape index (κ1) is 15.8. The van der Waals surface area contributed by atoms with Gasteiger partial charge in [-0.05, 0) is 20.8 Å². The van der Waals surface area contributed by atoms with Gasteiger partial charge in [-0.15, -0.1) is 0 Å². The van der Waals surface area contributed by atoms with Crippen LogP contribution < -0.4 is 4.57 Å². The number of ether oxygens (including phenoxy) is 1. The van der Waals surface area contributed by atoms with E-state index in [-0.39, 0.29) is 18.4 Å². The molecule has 1 aromatic heterocycles. The van der Waals surface area contributed by atoms with Crippen molar-refractivity contribution in [2.75, 3.05) is 6.61 Å². The maximum atomic E-state index is 12.8. The number of esters is 1. The molecule has 116 valence electrons. The van der Waals surface area contributed by atoms with Crippen molar-refractivity contribution in [1.29, 1.82) is 0 Å². The van der Waals surface area contributed by atoms with E-state index in [1.807, 2.05) is 13.8 Å². The van der Waals surface area contributed by atoms with Crippen molar-refractivity contribution in [3.63, 3.8) is 0 Å². The highest BCUT2D eigenvalue weighted by Crippen LogP contribution is 2.39. The molecule has 0 saturated carbocycles. The summed E-state index contributed by atoms with van der Waals surface area (Å²) in [5.41, 5.74) is -0.455. The van der Waals surface area contributed by atoms with Crippen molar-refractivity contribution in [2.45, 2.75) is 51.2 Å². The number of carbonyl (C=O) groups is 1. The fourth-order valence-corrected chi connectivity index (χ4v) is 2.93. The quantitative estimate of drug-likeness (QED) is 0.634. The molecule has 6 heteroatoms. The second kappa shape index (κ2) is 5.31. The average molecular weight is 302 g/mol. The molecular formula is C15H19F3NO2+. The number of pyridine rings is 1. The number of rotatable bonds is 3. The summed E-state index contributed by atoms with van der Waals surface area (Å²) >= 11 is 0. The van der Waals surface area contributed by atoms with E-state index in [4.69, 9.17) is 4.74 Å². The molecule has 1 aliphatic heterocycles. The van der Waals surface area contributed by atoms with E-state index >= 15 is 0 Å². The first-order valence-corrected chi connectivity index (χ1v) is 6.93. The molecule has 2 rings (SSSR count). The van der Waals surface area contributed by atoms with Gasteiger partial charge in [-0.1, -0.05) is 0 Å². The average Bonchev–Trinajstić information content (AvgIpc) is 2.60. The van der Waals surface area contributed by atoms with E-state index in [0.717, 1.165) is 6.07 Å². The summed E-state index contributed by atoms with van der Waals surface area (Å²) in [6.07, 6.45) is -2.13. The second-order valence-corrected chi connectivity index (χ2v) is 5.96. The highest BCUT2D eigenvalue weighted by molar-refractivity contribution is 5.69. The summed E-state index contributed by atoms with van der Waals surface area (Å²) in [7, 11) is 0. The van der Waals surface area contributed by atoms with Crippen LogP contribution in [0.15, 0.2) is 18.3 Å². The Morgan fingerprint density at radius 3 is 2.71 bits per heavy atom. The lowest BCUT2D eigenvalue weighted by atomic mass is 9.85. The predicted molar refractivity (Wildman–Crippen MR) is 69.6 cm³/mol. The molecule has 21 heavy (non-hydrogen) atoms. The van der Waals surface area contributed by atoms with Gasteiger partial charge < -0.3 is 4.74 Å². The molecule has 0 saturated heterocycles. The fraction of sp³-hybridized carbons (Fsp3) is 0.600. The number of hydrogen-bond donors (Lipinski definition) is 0. The molecule has 0 aromatic carbocycles. The number of aromatic nitrogens is 1. The van der Waals surface area contributed by atoms with Gasteiger partial charge in [-0.25, -0.2) is 0 Å². The molecule has 1 aromatic rings. The van der Waals surface area contributed by atoms with E-state index in [9.17, 15) is 18.0 Å². The van der Waals surface area contributed by atoms with E-state index in [0.29, 0.717) is 18.7 Å². The second-order valence-electron chi connectivity index (χ2n) is 5.96. The Hall–Kier alpha value is -1.59. The zero-order chi connectivity index (χ0) is 15.8. The minimum Gasteiger partial charge on any atom is -0.466 e. The molecule has 0 spiro atoms. The highest BCUT2D eigenvalue weighted by Gasteiger charge is 2.47. The van der Waals surface area contributed by atoms with Crippen molar-refractivity contribution >= 4 is 5.97 Å². The number of nitrogens with zero attached hydrogens (tertiary/aromatic N) is 1. The van der Waals surface area contributed by atoms with Crippen molar-refractivity contribution in [3.8, 4) is 0 Å². The number of hydrogen-bond acceptors (Lipinski definition) is 2. The lowest BCUT2D eigenvalue weighted by Crippen LogP contribution is -2.40. The van der Waals surface area contributed by atoms with Gasteiger partial charge in [0.15, 0.2) is 17.9 Å². The van der Waals surface area contributed by atoms with Crippen LogP contribution in [-0.4, -0.2) is 12.6 Å². The Balaban J connectivity index is 2.33. The summed E-state index contributed by atoms with van der Waals surface area (Å²) in [4.78, 5) is 11.6. The minimum atomic E-state index is -4.36. The smallest absolute Gasteiger partial charge is 0.416 e. The van der Waals surface area contributed by atoms with Gasteiger partial charge in [0.05, 0.1) is 17.6 Å². The zero-order valence-electron chi connectivity index (χ0n) is 12.3. The van der Waals surface area contributed by atoms with Crippen molar-refractivity contribution < 1.29 is 27.3 Å². The highest BCUT2D eigenvalue weighted by atomic mass is 19.4. The molecule has 1 unspecified atom stereocenters. The molecule has 0 bridgehead atoms. The van der Waals surface area contributed by atoms with E-state index in [2.05, 4.69) is 0 Å². The van der Waals surface area contributed by atoms with Gasteiger partial charge >= 0.3 is 12.1 Å². The molecule has 2 heterocycles. The molecule has 0 radical (unpaired) electrons. The van der Waals surface area contributed by atoms with E-state index in [1.165, 1.54) is 12.3 Å². The summed E-state index contributed by atoms with van der Waals surface area (Å²) < 4.78 is 45.2. The molecule has 0 N–H and O–H groups in total. The first-order chi connectivity index (χ1) is 9.65. The maximum absolute atomic E-state index is 12.8. The van der Waals surface area contributed by atoms with Gasteiger partial charge in [0, 0.05) is 18.6 Å². The standard InChI is InChI=1S/C15H19F3NO2/c1-4-21-13(20)8-11-9-14(2,3)12-7-10(15(16,17)18)5-6-19(11)12/h5-7,11H,4,8-9H2,1-3H3/q+1. The largest absolute Gasteiger partial charge is 0.466 e. The van der Waals surface area contributed by atoms with Crippen LogP contribution in [0.1, 0.15) is 50.9 Å². The van der Waals surface area contributed by atoms with Crippen molar-refractivity contribution in [2.24, 2.45) is 0 Å². The SMILES string of the molecule is CCOC(=O)CC1CC(C)(C)c2cc(C(F)(F)F)cc[n+]21. The third-order valence-corrected chi connectivity index (χ3v) is 3.85. The zero-order valence-corrected chi connectivity index (χ0v) is 12.3. The van der Waals surface area contributed by atoms with Crippen LogP contribution >= 0.6 is 0 Å². The Kier molecular flexibility index (Phi) is 4.00. The molecule has 1 aliphatic rings. The van der Waals surface area contributed by atoms with Crippen molar-refractivity contribution in [1.82, 2.24) is 0 Å². The Bertz CT molecular complexity index is 552. The van der Waals surface area contributed by atoms with Crippen LogP contribution in [-0.2, 0) is 21.1 Å². The molecule has 0 amide bonds. The summed E-state index contributed by atoms with van der Waals surface area (Å²) in [5, 5.41) is 0. The monoisotopic (exact) mass is 302 g/mol. The molecular weight excluding hydrogens is 283 g/mol. The lowest BCUT2D eigenvalue weighted by Gasteiger charge is -2.13. The van der Waals surface area contributed by atoms with Gasteiger partial charge in [0.2, 0.25) is 0 Å². The van der Waals surface area contributed by atoms with Gasteiger partial charge in [-0.2, -0.15) is 17.7 Å². The van der Waals surface area contributed by atoms with Gasteiger partial charge in [-0.3, -0.25) is 4.79 Å². The minimum absolute atomic E-state index is 0.156. The Morgan fingerprint density at radius 1 is 1.48 bits per heavy atom. The predicted octanol–water partition coefficient (Wildman–Crippen LogP) is 3.17. The summed E-state index contributed by atoms with van der Waals surface area (Å²) in [5.74, 6) is -0.321. The number of halogens is 3. The van der Waals surface area contributed by atoms with E-state index in [1.54, 1.807) is 11.5 Å². The number of fused-ring (bicyclic) bond motifs is 1. The Morgan fingerprint density at radius 2 is 2.14 bits per heavy atom. The van der Waals surface area contributed by atoms with Crippen LogP contribution in [0.2, 0.25) is 0 Å². The van der Waals surface area contributed by atoms with Crippen LogP contribution in [0, 0.1) is 0 Å².